The van der Waals surface area contributed by atoms with E-state index in [1.165, 1.54) is 37.3 Å². The zero-order chi connectivity index (χ0) is 23.7. The van der Waals surface area contributed by atoms with Crippen molar-refractivity contribution in [3.8, 4) is 11.5 Å². The van der Waals surface area contributed by atoms with Gasteiger partial charge >= 0.3 is 6.03 Å². The molecule has 1 heterocycles. The maximum atomic E-state index is 15.0. The van der Waals surface area contributed by atoms with E-state index in [4.69, 9.17) is 21.1 Å². The third-order valence-corrected chi connectivity index (χ3v) is 5.91. The zero-order valence-corrected chi connectivity index (χ0v) is 18.6. The summed E-state index contributed by atoms with van der Waals surface area (Å²) in [7, 11) is 2.97. The molecule has 0 bridgehead atoms. The molecule has 9 heteroatoms. The maximum absolute atomic E-state index is 15.0. The maximum Gasteiger partial charge on any atom is 0.322 e. The minimum atomic E-state index is -0.945. The summed E-state index contributed by atoms with van der Waals surface area (Å²) in [6, 6.07) is 8.75. The van der Waals surface area contributed by atoms with E-state index in [1.54, 1.807) is 12.1 Å². The third kappa shape index (κ3) is 4.30. The standard InChI is InChI=1S/C24H20ClF3N2O3/c1-32-20-10-13-8-9-30(24(31)29-19-11-14(26)6-7-17(19)27)23(15(13)12-21(20)33-2)22-16(25)4-3-5-18(22)28/h3-7,10-12,23H,8-9H2,1-2H3,(H,29,31). The summed E-state index contributed by atoms with van der Waals surface area (Å²) in [6.07, 6.45) is 0.414. The van der Waals surface area contributed by atoms with Gasteiger partial charge in [0.25, 0.3) is 0 Å². The first kappa shape index (κ1) is 22.8. The van der Waals surface area contributed by atoms with Crippen LogP contribution in [0.15, 0.2) is 48.5 Å². The van der Waals surface area contributed by atoms with Crippen molar-refractivity contribution >= 4 is 23.3 Å². The summed E-state index contributed by atoms with van der Waals surface area (Å²) in [5, 5.41) is 2.51. The first-order chi connectivity index (χ1) is 15.8. The van der Waals surface area contributed by atoms with Gasteiger partial charge in [-0.15, -0.1) is 0 Å². The number of carbonyl (C=O) groups excluding carboxylic acids is 1. The van der Waals surface area contributed by atoms with Gasteiger partial charge in [-0.2, -0.15) is 0 Å². The van der Waals surface area contributed by atoms with Crippen molar-refractivity contribution in [1.29, 1.82) is 0 Å². The van der Waals surface area contributed by atoms with Crippen LogP contribution in [0.5, 0.6) is 11.5 Å². The molecule has 1 atom stereocenters. The van der Waals surface area contributed by atoms with Crippen LogP contribution in [-0.4, -0.2) is 31.7 Å². The van der Waals surface area contributed by atoms with Crippen molar-refractivity contribution in [2.24, 2.45) is 0 Å². The number of fused-ring (bicyclic) bond motifs is 1. The Morgan fingerprint density at radius 3 is 2.45 bits per heavy atom. The van der Waals surface area contributed by atoms with Crippen LogP contribution < -0.4 is 14.8 Å². The largest absolute Gasteiger partial charge is 0.493 e. The Morgan fingerprint density at radius 1 is 1.03 bits per heavy atom. The Bertz CT molecular complexity index is 1200. The lowest BCUT2D eigenvalue weighted by molar-refractivity contribution is 0.192. The Labute approximate surface area is 193 Å². The third-order valence-electron chi connectivity index (χ3n) is 5.58. The summed E-state index contributed by atoms with van der Waals surface area (Å²) in [6.45, 7) is 0.167. The van der Waals surface area contributed by atoms with Gasteiger partial charge in [-0.05, 0) is 53.9 Å². The minimum Gasteiger partial charge on any atom is -0.493 e. The highest BCUT2D eigenvalue weighted by atomic mass is 35.5. The highest BCUT2D eigenvalue weighted by Crippen LogP contribution is 2.43. The molecule has 2 amide bonds. The average Bonchev–Trinajstić information content (AvgIpc) is 2.80. The molecular formula is C24H20ClF3N2O3. The highest BCUT2D eigenvalue weighted by Gasteiger charge is 2.36. The van der Waals surface area contributed by atoms with E-state index in [-0.39, 0.29) is 22.8 Å². The zero-order valence-electron chi connectivity index (χ0n) is 17.8. The average molecular weight is 477 g/mol. The van der Waals surface area contributed by atoms with Crippen LogP contribution in [0.25, 0.3) is 0 Å². The van der Waals surface area contributed by atoms with Crippen molar-refractivity contribution in [2.75, 3.05) is 26.1 Å². The van der Waals surface area contributed by atoms with Crippen molar-refractivity contribution in [3.63, 3.8) is 0 Å². The number of methoxy groups -OCH3 is 2. The fourth-order valence-corrected chi connectivity index (χ4v) is 4.29. The first-order valence-electron chi connectivity index (χ1n) is 10.1. The van der Waals surface area contributed by atoms with Gasteiger partial charge in [0.1, 0.15) is 17.5 Å². The van der Waals surface area contributed by atoms with Crippen LogP contribution in [0.1, 0.15) is 22.7 Å². The van der Waals surface area contributed by atoms with Gasteiger partial charge in [0.05, 0.1) is 25.9 Å². The lowest BCUT2D eigenvalue weighted by atomic mass is 9.87. The molecule has 0 fully saturated rings. The van der Waals surface area contributed by atoms with Crippen molar-refractivity contribution in [1.82, 2.24) is 4.90 Å². The molecule has 0 aliphatic carbocycles. The number of nitrogens with zero attached hydrogens (tertiary/aromatic N) is 1. The second-order valence-corrected chi connectivity index (χ2v) is 7.85. The number of anilines is 1. The lowest BCUT2D eigenvalue weighted by Gasteiger charge is -2.38. The molecule has 0 spiro atoms. The van der Waals surface area contributed by atoms with Crippen LogP contribution in [0.3, 0.4) is 0 Å². The second-order valence-electron chi connectivity index (χ2n) is 7.44. The quantitative estimate of drug-likeness (QED) is 0.506. The second kappa shape index (κ2) is 9.23. The topological polar surface area (TPSA) is 50.8 Å². The molecule has 1 N–H and O–H groups in total. The molecule has 1 unspecified atom stereocenters. The molecule has 3 aromatic rings. The number of carbonyl (C=O) groups is 1. The Morgan fingerprint density at radius 2 is 1.76 bits per heavy atom. The Hall–Kier alpha value is -3.39. The Balaban J connectivity index is 1.83. The van der Waals surface area contributed by atoms with E-state index >= 15 is 4.39 Å². The van der Waals surface area contributed by atoms with E-state index in [1.807, 2.05) is 0 Å². The van der Waals surface area contributed by atoms with E-state index in [0.717, 1.165) is 23.8 Å². The van der Waals surface area contributed by atoms with Crippen LogP contribution in [0, 0.1) is 17.5 Å². The van der Waals surface area contributed by atoms with Gasteiger partial charge < -0.3 is 19.7 Å². The van der Waals surface area contributed by atoms with Crippen LogP contribution >= 0.6 is 11.6 Å². The fourth-order valence-electron chi connectivity index (χ4n) is 4.03. The Kier molecular flexibility index (Phi) is 6.37. The van der Waals surface area contributed by atoms with E-state index in [2.05, 4.69) is 5.32 Å². The van der Waals surface area contributed by atoms with Gasteiger partial charge in [-0.1, -0.05) is 17.7 Å². The van der Waals surface area contributed by atoms with Crippen molar-refractivity contribution < 1.29 is 27.4 Å². The highest BCUT2D eigenvalue weighted by molar-refractivity contribution is 6.31. The molecule has 3 aromatic carbocycles. The van der Waals surface area contributed by atoms with E-state index in [0.29, 0.717) is 23.5 Å². The number of rotatable bonds is 4. The molecular weight excluding hydrogens is 457 g/mol. The number of amides is 2. The number of urea groups is 1. The number of ether oxygens (including phenoxy) is 2. The first-order valence-corrected chi connectivity index (χ1v) is 10.4. The number of benzene rings is 3. The monoisotopic (exact) mass is 476 g/mol. The predicted octanol–water partition coefficient (Wildman–Crippen LogP) is 5.95. The molecule has 1 aliphatic rings. The molecule has 0 aromatic heterocycles. The fraction of sp³-hybridized carbons (Fsp3) is 0.208. The summed E-state index contributed by atoms with van der Waals surface area (Å²) in [5.41, 5.74) is 1.16. The molecule has 33 heavy (non-hydrogen) atoms. The molecule has 172 valence electrons. The molecule has 1 aliphatic heterocycles. The van der Waals surface area contributed by atoms with Crippen molar-refractivity contribution in [3.05, 3.63) is 87.7 Å². The number of hydrogen-bond acceptors (Lipinski definition) is 3. The van der Waals surface area contributed by atoms with Gasteiger partial charge in [0, 0.05) is 23.2 Å². The van der Waals surface area contributed by atoms with Gasteiger partial charge in [-0.3, -0.25) is 0 Å². The van der Waals surface area contributed by atoms with Gasteiger partial charge in [0.2, 0.25) is 0 Å². The number of halogens is 4. The van der Waals surface area contributed by atoms with Gasteiger partial charge in [-0.25, -0.2) is 18.0 Å². The van der Waals surface area contributed by atoms with Gasteiger partial charge in [0.15, 0.2) is 11.5 Å². The van der Waals surface area contributed by atoms with Crippen molar-refractivity contribution in [2.45, 2.75) is 12.5 Å². The summed E-state index contributed by atoms with van der Waals surface area (Å²) < 4.78 is 53.6. The minimum absolute atomic E-state index is 0.0854. The predicted molar refractivity (Wildman–Crippen MR) is 119 cm³/mol. The number of hydrogen-bond donors (Lipinski definition) is 1. The molecule has 0 radical (unpaired) electrons. The summed E-state index contributed by atoms with van der Waals surface area (Å²) in [4.78, 5) is 14.6. The normalized spacial score (nSPS) is 15.1. The molecule has 0 saturated heterocycles. The molecule has 5 nitrogen and oxygen atoms in total. The SMILES string of the molecule is COc1cc2c(cc1OC)C(c1c(F)cccc1Cl)N(C(=O)Nc1cc(F)ccc1F)CC2. The molecule has 0 saturated carbocycles. The van der Waals surface area contributed by atoms with E-state index in [9.17, 15) is 13.6 Å². The molecule has 4 rings (SSSR count). The van der Waals surface area contributed by atoms with Crippen LogP contribution in [-0.2, 0) is 6.42 Å². The smallest absolute Gasteiger partial charge is 0.322 e. The van der Waals surface area contributed by atoms with E-state index < -0.39 is 29.5 Å². The summed E-state index contributed by atoms with van der Waals surface area (Å²) in [5.74, 6) is -1.22. The van der Waals surface area contributed by atoms with Crippen LogP contribution in [0.2, 0.25) is 5.02 Å². The lowest BCUT2D eigenvalue weighted by Crippen LogP contribution is -2.43. The van der Waals surface area contributed by atoms with Crippen LogP contribution in [0.4, 0.5) is 23.7 Å². The number of nitrogens with one attached hydrogen (secondary N) is 1. The summed E-state index contributed by atoms with van der Waals surface area (Å²) >= 11 is 6.37.